The highest BCUT2D eigenvalue weighted by atomic mass is 16.5. The zero-order valence-corrected chi connectivity index (χ0v) is 13.3. The summed E-state index contributed by atoms with van der Waals surface area (Å²) in [4.78, 5) is 26.1. The van der Waals surface area contributed by atoms with Gasteiger partial charge in [0.15, 0.2) is 0 Å². The second-order valence-electron chi connectivity index (χ2n) is 5.41. The first-order valence-electron chi connectivity index (χ1n) is 7.10. The minimum absolute atomic E-state index is 0.0461. The second-order valence-corrected chi connectivity index (χ2v) is 5.41. The van der Waals surface area contributed by atoms with Crippen LogP contribution >= 0.6 is 0 Å². The van der Waals surface area contributed by atoms with E-state index in [1.165, 1.54) is 0 Å². The van der Waals surface area contributed by atoms with Gasteiger partial charge >= 0.3 is 12.0 Å². The molecule has 118 valence electrons. The minimum Gasteiger partial charge on any atom is -0.481 e. The van der Waals surface area contributed by atoms with Crippen LogP contribution in [0.2, 0.25) is 0 Å². The van der Waals surface area contributed by atoms with Crippen molar-refractivity contribution in [3.05, 3.63) is 0 Å². The van der Waals surface area contributed by atoms with E-state index in [0.29, 0.717) is 26.1 Å². The van der Waals surface area contributed by atoms with Gasteiger partial charge < -0.3 is 19.6 Å². The molecule has 0 bridgehead atoms. The fourth-order valence-corrected chi connectivity index (χ4v) is 1.72. The number of hydrogen-bond donors (Lipinski definition) is 1. The number of rotatable bonds is 9. The first-order chi connectivity index (χ1) is 9.25. The zero-order chi connectivity index (χ0) is 15.7. The molecule has 0 aromatic carbocycles. The SMILES string of the molecule is CC(C)OCCN(C)C(=O)N(CCCC(=O)O)C(C)C. The van der Waals surface area contributed by atoms with Crippen molar-refractivity contribution in [2.45, 2.75) is 52.7 Å². The number of hydrogen-bond acceptors (Lipinski definition) is 3. The van der Waals surface area contributed by atoms with Crippen LogP contribution in [0.25, 0.3) is 0 Å². The number of amides is 2. The molecule has 0 unspecified atom stereocenters. The van der Waals surface area contributed by atoms with E-state index in [-0.39, 0.29) is 24.6 Å². The van der Waals surface area contributed by atoms with Crippen LogP contribution in [0.5, 0.6) is 0 Å². The van der Waals surface area contributed by atoms with Gasteiger partial charge in [-0.1, -0.05) is 0 Å². The Hall–Kier alpha value is -1.30. The number of urea groups is 1. The molecule has 0 spiro atoms. The smallest absolute Gasteiger partial charge is 0.320 e. The van der Waals surface area contributed by atoms with Crippen LogP contribution < -0.4 is 0 Å². The van der Waals surface area contributed by atoms with Gasteiger partial charge in [0.2, 0.25) is 0 Å². The van der Waals surface area contributed by atoms with E-state index < -0.39 is 5.97 Å². The minimum atomic E-state index is -0.833. The normalized spacial score (nSPS) is 10.9. The molecule has 0 aliphatic rings. The molecule has 0 radical (unpaired) electrons. The molecule has 0 heterocycles. The van der Waals surface area contributed by atoms with E-state index >= 15 is 0 Å². The number of ether oxygens (including phenoxy) is 1. The molecule has 0 aromatic rings. The quantitative estimate of drug-likeness (QED) is 0.705. The largest absolute Gasteiger partial charge is 0.481 e. The Bertz CT molecular complexity index is 306. The summed E-state index contributed by atoms with van der Waals surface area (Å²) in [5.41, 5.74) is 0. The number of likely N-dealkylation sites (N-methyl/N-ethyl adjacent to an activating group) is 1. The lowest BCUT2D eigenvalue weighted by Gasteiger charge is -2.31. The Kier molecular flexibility index (Phi) is 8.96. The first-order valence-corrected chi connectivity index (χ1v) is 7.10. The topological polar surface area (TPSA) is 70.1 Å². The summed E-state index contributed by atoms with van der Waals surface area (Å²) < 4.78 is 5.43. The summed E-state index contributed by atoms with van der Waals surface area (Å²) in [6.07, 6.45) is 0.696. The van der Waals surface area contributed by atoms with Gasteiger partial charge in [-0.25, -0.2) is 4.79 Å². The third kappa shape index (κ3) is 7.99. The monoisotopic (exact) mass is 288 g/mol. The lowest BCUT2D eigenvalue weighted by atomic mass is 10.2. The maximum absolute atomic E-state index is 12.3. The fraction of sp³-hybridized carbons (Fsp3) is 0.857. The molecule has 0 aliphatic heterocycles. The fourth-order valence-electron chi connectivity index (χ4n) is 1.72. The molecule has 0 saturated heterocycles. The van der Waals surface area contributed by atoms with Gasteiger partial charge in [0, 0.05) is 32.6 Å². The lowest BCUT2D eigenvalue weighted by Crippen LogP contribution is -2.46. The van der Waals surface area contributed by atoms with Gasteiger partial charge in [-0.3, -0.25) is 4.79 Å². The zero-order valence-electron chi connectivity index (χ0n) is 13.3. The molecule has 0 fully saturated rings. The molecule has 0 aliphatic carbocycles. The standard InChI is InChI=1S/C14H28N2O4/c1-11(2)16(8-6-7-13(17)18)14(19)15(5)9-10-20-12(3)4/h11-12H,6-10H2,1-5H3,(H,17,18). The number of carbonyl (C=O) groups is 2. The molecule has 6 heteroatoms. The molecular weight excluding hydrogens is 260 g/mol. The van der Waals surface area contributed by atoms with Gasteiger partial charge in [-0.05, 0) is 34.1 Å². The van der Waals surface area contributed by atoms with Gasteiger partial charge in [-0.2, -0.15) is 0 Å². The summed E-state index contributed by atoms with van der Waals surface area (Å²) in [6.45, 7) is 9.24. The van der Waals surface area contributed by atoms with E-state index in [9.17, 15) is 9.59 Å². The van der Waals surface area contributed by atoms with Crippen molar-refractivity contribution in [3.63, 3.8) is 0 Å². The van der Waals surface area contributed by atoms with Gasteiger partial charge in [0.25, 0.3) is 0 Å². The Labute approximate surface area is 121 Å². The van der Waals surface area contributed by atoms with Crippen molar-refractivity contribution in [1.29, 1.82) is 0 Å². The number of aliphatic carboxylic acids is 1. The van der Waals surface area contributed by atoms with E-state index in [1.807, 2.05) is 27.7 Å². The Morgan fingerprint density at radius 1 is 1.15 bits per heavy atom. The predicted octanol–water partition coefficient (Wildman–Crippen LogP) is 2.04. The van der Waals surface area contributed by atoms with Crippen LogP contribution in [0.15, 0.2) is 0 Å². The summed E-state index contributed by atoms with van der Waals surface area (Å²) in [5, 5.41) is 8.65. The highest BCUT2D eigenvalue weighted by molar-refractivity contribution is 5.74. The van der Waals surface area contributed by atoms with Gasteiger partial charge in [-0.15, -0.1) is 0 Å². The number of nitrogens with zero attached hydrogens (tertiary/aromatic N) is 2. The Morgan fingerprint density at radius 2 is 1.75 bits per heavy atom. The van der Waals surface area contributed by atoms with E-state index in [0.717, 1.165) is 0 Å². The maximum atomic E-state index is 12.3. The molecular formula is C14H28N2O4. The Morgan fingerprint density at radius 3 is 2.20 bits per heavy atom. The molecule has 2 amide bonds. The maximum Gasteiger partial charge on any atom is 0.320 e. The summed E-state index contributed by atoms with van der Waals surface area (Å²) >= 11 is 0. The van der Waals surface area contributed by atoms with Crippen molar-refractivity contribution < 1.29 is 19.4 Å². The second kappa shape index (κ2) is 9.58. The van der Waals surface area contributed by atoms with Crippen molar-refractivity contribution in [3.8, 4) is 0 Å². The Balaban J connectivity index is 4.29. The van der Waals surface area contributed by atoms with Crippen LogP contribution in [0.3, 0.4) is 0 Å². The number of carbonyl (C=O) groups excluding carboxylic acids is 1. The van der Waals surface area contributed by atoms with Crippen LogP contribution in [0.4, 0.5) is 4.79 Å². The van der Waals surface area contributed by atoms with E-state index in [1.54, 1.807) is 16.8 Å². The summed E-state index contributed by atoms with van der Waals surface area (Å²) in [5.74, 6) is -0.833. The van der Waals surface area contributed by atoms with E-state index in [2.05, 4.69) is 0 Å². The van der Waals surface area contributed by atoms with Crippen molar-refractivity contribution in [1.82, 2.24) is 9.80 Å². The molecule has 20 heavy (non-hydrogen) atoms. The van der Waals surface area contributed by atoms with Gasteiger partial charge in [0.1, 0.15) is 0 Å². The molecule has 0 rings (SSSR count). The number of carboxylic acid groups (broad SMARTS) is 1. The first kappa shape index (κ1) is 18.7. The average molecular weight is 288 g/mol. The highest BCUT2D eigenvalue weighted by Gasteiger charge is 2.20. The summed E-state index contributed by atoms with van der Waals surface area (Å²) in [6, 6.07) is -0.0393. The molecule has 0 aromatic heterocycles. The van der Waals surface area contributed by atoms with E-state index in [4.69, 9.17) is 9.84 Å². The molecule has 0 atom stereocenters. The average Bonchev–Trinajstić information content (AvgIpc) is 2.32. The van der Waals surface area contributed by atoms with Gasteiger partial charge in [0.05, 0.1) is 12.7 Å². The van der Waals surface area contributed by atoms with Crippen LogP contribution in [-0.4, -0.2) is 65.8 Å². The molecule has 6 nitrogen and oxygen atoms in total. The molecule has 1 N–H and O–H groups in total. The van der Waals surface area contributed by atoms with Crippen LogP contribution in [-0.2, 0) is 9.53 Å². The van der Waals surface area contributed by atoms with Crippen molar-refractivity contribution >= 4 is 12.0 Å². The number of carboxylic acids is 1. The van der Waals surface area contributed by atoms with Crippen LogP contribution in [0, 0.1) is 0 Å². The predicted molar refractivity (Wildman–Crippen MR) is 77.8 cm³/mol. The lowest BCUT2D eigenvalue weighted by molar-refractivity contribution is -0.137. The highest BCUT2D eigenvalue weighted by Crippen LogP contribution is 2.06. The van der Waals surface area contributed by atoms with Crippen molar-refractivity contribution in [2.24, 2.45) is 0 Å². The van der Waals surface area contributed by atoms with Crippen LogP contribution in [0.1, 0.15) is 40.5 Å². The third-order valence-corrected chi connectivity index (χ3v) is 2.86. The summed E-state index contributed by atoms with van der Waals surface area (Å²) in [7, 11) is 1.73. The van der Waals surface area contributed by atoms with Crippen molar-refractivity contribution in [2.75, 3.05) is 26.7 Å². The molecule has 0 saturated carbocycles. The third-order valence-electron chi connectivity index (χ3n) is 2.86.